The molecule has 0 fully saturated rings. The summed E-state index contributed by atoms with van der Waals surface area (Å²) in [5.74, 6) is 0.970. The molecule has 0 spiro atoms. The van der Waals surface area contributed by atoms with Crippen molar-refractivity contribution in [1.29, 1.82) is 0 Å². The van der Waals surface area contributed by atoms with Gasteiger partial charge in [-0.1, -0.05) is 30.3 Å². The second-order valence-electron chi connectivity index (χ2n) is 8.11. The number of amides is 1. The van der Waals surface area contributed by atoms with Crippen LogP contribution in [0.2, 0.25) is 0 Å². The van der Waals surface area contributed by atoms with E-state index in [1.807, 2.05) is 18.2 Å². The van der Waals surface area contributed by atoms with Crippen LogP contribution in [0, 0.1) is 0 Å². The molecule has 3 aromatic carbocycles. The van der Waals surface area contributed by atoms with Crippen molar-refractivity contribution in [1.82, 2.24) is 4.90 Å². The highest BCUT2D eigenvalue weighted by atomic mass is 16.5. The van der Waals surface area contributed by atoms with Crippen LogP contribution >= 0.6 is 0 Å². The van der Waals surface area contributed by atoms with E-state index >= 15 is 0 Å². The quantitative estimate of drug-likeness (QED) is 0.464. The van der Waals surface area contributed by atoms with Gasteiger partial charge < -0.3 is 23.9 Å². The topological polar surface area (TPSA) is 89.2 Å². The first-order chi connectivity index (χ1) is 16.5. The van der Waals surface area contributed by atoms with Gasteiger partial charge in [-0.2, -0.15) is 0 Å². The molecule has 5 rings (SSSR count). The van der Waals surface area contributed by atoms with Crippen molar-refractivity contribution in [2.24, 2.45) is 0 Å². The van der Waals surface area contributed by atoms with Crippen molar-refractivity contribution in [3.8, 4) is 17.2 Å². The van der Waals surface area contributed by atoms with Crippen LogP contribution in [0.1, 0.15) is 33.3 Å². The number of hydrogen-bond donors (Lipinski definition) is 1. The lowest BCUT2D eigenvalue weighted by Crippen LogP contribution is -2.31. The van der Waals surface area contributed by atoms with E-state index in [1.165, 1.54) is 0 Å². The van der Waals surface area contributed by atoms with Crippen LogP contribution in [0.5, 0.6) is 17.2 Å². The summed E-state index contributed by atoms with van der Waals surface area (Å²) in [6, 6.07) is 18.5. The van der Waals surface area contributed by atoms with E-state index in [0.29, 0.717) is 46.6 Å². The number of fused-ring (bicyclic) bond motifs is 2. The van der Waals surface area contributed by atoms with Crippen molar-refractivity contribution < 1.29 is 23.8 Å². The summed E-state index contributed by atoms with van der Waals surface area (Å²) in [5, 5.41) is 10.5. The molecule has 1 amide bonds. The summed E-state index contributed by atoms with van der Waals surface area (Å²) >= 11 is 0. The highest BCUT2D eigenvalue weighted by molar-refractivity contribution is 5.99. The van der Waals surface area contributed by atoms with E-state index in [9.17, 15) is 14.7 Å². The first kappa shape index (κ1) is 21.6. The Hall–Kier alpha value is -4.26. The number of phenols is 1. The lowest BCUT2D eigenvalue weighted by Gasteiger charge is -2.25. The van der Waals surface area contributed by atoms with Gasteiger partial charge >= 0.3 is 0 Å². The zero-order valence-electron chi connectivity index (χ0n) is 18.8. The SMILES string of the molecule is COc1ccc(CCN2C(=O)c3oc4ccccc4c(=O)c3[C@@H]2c2cccc(O)c2)cc1OC. The van der Waals surface area contributed by atoms with Crippen LogP contribution in [0.15, 0.2) is 75.9 Å². The van der Waals surface area contributed by atoms with Crippen LogP contribution < -0.4 is 14.9 Å². The van der Waals surface area contributed by atoms with Crippen LogP contribution in [0.3, 0.4) is 0 Å². The summed E-state index contributed by atoms with van der Waals surface area (Å²) in [7, 11) is 3.15. The molecule has 0 radical (unpaired) electrons. The standard InChI is InChI=1S/C27H23NO6/c1-32-21-11-10-16(14-22(21)33-2)12-13-28-24(17-6-5-7-18(29)15-17)23-25(30)19-8-3-4-9-20(19)34-26(23)27(28)31/h3-11,14-15,24,29H,12-13H2,1-2H3/t24-/m0/s1. The molecule has 0 saturated carbocycles. The van der Waals surface area contributed by atoms with Gasteiger partial charge in [0, 0.05) is 6.54 Å². The number of ether oxygens (including phenoxy) is 2. The van der Waals surface area contributed by atoms with Crippen LogP contribution in [0.4, 0.5) is 0 Å². The number of carbonyl (C=O) groups is 1. The summed E-state index contributed by atoms with van der Waals surface area (Å²) in [6.07, 6.45) is 0.517. The number of rotatable bonds is 6. The molecule has 7 heteroatoms. The number of para-hydroxylation sites is 1. The normalized spacial score (nSPS) is 14.9. The number of phenolic OH excluding ortho intramolecular Hbond substituents is 1. The molecule has 1 aliphatic rings. The number of benzene rings is 3. The molecule has 1 aliphatic heterocycles. The maximum absolute atomic E-state index is 13.5. The Bertz CT molecular complexity index is 1460. The molecule has 1 N–H and O–H groups in total. The summed E-state index contributed by atoms with van der Waals surface area (Å²) in [4.78, 5) is 28.6. The van der Waals surface area contributed by atoms with Crippen molar-refractivity contribution in [3.63, 3.8) is 0 Å². The Morgan fingerprint density at radius 3 is 2.50 bits per heavy atom. The number of hydrogen-bond acceptors (Lipinski definition) is 6. The summed E-state index contributed by atoms with van der Waals surface area (Å²) in [5.41, 5.74) is 2.01. The van der Waals surface area contributed by atoms with Gasteiger partial charge in [-0.15, -0.1) is 0 Å². The third kappa shape index (κ3) is 3.55. The van der Waals surface area contributed by atoms with Crippen LogP contribution in [0.25, 0.3) is 11.0 Å². The third-order valence-corrected chi connectivity index (χ3v) is 6.15. The Labute approximate surface area is 195 Å². The van der Waals surface area contributed by atoms with E-state index in [4.69, 9.17) is 13.9 Å². The Balaban J connectivity index is 1.58. The molecule has 7 nitrogen and oxygen atoms in total. The first-order valence-corrected chi connectivity index (χ1v) is 10.9. The monoisotopic (exact) mass is 457 g/mol. The van der Waals surface area contributed by atoms with Crippen molar-refractivity contribution in [2.75, 3.05) is 20.8 Å². The molecule has 1 aromatic heterocycles. The summed E-state index contributed by atoms with van der Waals surface area (Å²) in [6.45, 7) is 0.328. The molecule has 2 heterocycles. The van der Waals surface area contributed by atoms with Crippen LogP contribution in [-0.2, 0) is 6.42 Å². The maximum Gasteiger partial charge on any atom is 0.290 e. The van der Waals surface area contributed by atoms with E-state index in [0.717, 1.165) is 5.56 Å². The molecule has 0 unspecified atom stereocenters. The average molecular weight is 457 g/mol. The highest BCUT2D eigenvalue weighted by Gasteiger charge is 2.42. The van der Waals surface area contributed by atoms with Gasteiger partial charge in [0.05, 0.1) is 31.2 Å². The van der Waals surface area contributed by atoms with Gasteiger partial charge in [-0.25, -0.2) is 0 Å². The number of nitrogens with zero attached hydrogens (tertiary/aromatic N) is 1. The molecule has 34 heavy (non-hydrogen) atoms. The lowest BCUT2D eigenvalue weighted by atomic mass is 9.98. The molecule has 172 valence electrons. The third-order valence-electron chi connectivity index (χ3n) is 6.15. The zero-order chi connectivity index (χ0) is 23.8. The molecular weight excluding hydrogens is 434 g/mol. The molecule has 4 aromatic rings. The lowest BCUT2D eigenvalue weighted by molar-refractivity contribution is 0.0730. The number of carbonyl (C=O) groups excluding carboxylic acids is 1. The van der Waals surface area contributed by atoms with Gasteiger partial charge in [-0.3, -0.25) is 9.59 Å². The second kappa shape index (κ2) is 8.59. The van der Waals surface area contributed by atoms with Crippen LogP contribution in [-0.4, -0.2) is 36.7 Å². The Morgan fingerprint density at radius 2 is 1.74 bits per heavy atom. The van der Waals surface area contributed by atoms with E-state index in [1.54, 1.807) is 67.7 Å². The number of aromatic hydroxyl groups is 1. The predicted molar refractivity (Wildman–Crippen MR) is 127 cm³/mol. The fourth-order valence-corrected chi connectivity index (χ4v) is 4.52. The predicted octanol–water partition coefficient (Wildman–Crippen LogP) is 4.30. The van der Waals surface area contributed by atoms with Gasteiger partial charge in [0.15, 0.2) is 16.9 Å². The largest absolute Gasteiger partial charge is 0.508 e. The average Bonchev–Trinajstić information content (AvgIpc) is 3.14. The van der Waals surface area contributed by atoms with Crippen molar-refractivity contribution >= 4 is 16.9 Å². The second-order valence-corrected chi connectivity index (χ2v) is 8.11. The van der Waals surface area contributed by atoms with Gasteiger partial charge in [-0.05, 0) is 53.9 Å². The summed E-state index contributed by atoms with van der Waals surface area (Å²) < 4.78 is 16.6. The Morgan fingerprint density at radius 1 is 0.941 bits per heavy atom. The molecule has 1 atom stereocenters. The zero-order valence-corrected chi connectivity index (χ0v) is 18.8. The van der Waals surface area contributed by atoms with Gasteiger partial charge in [0.25, 0.3) is 5.91 Å². The maximum atomic E-state index is 13.5. The molecular formula is C27H23NO6. The van der Waals surface area contributed by atoms with Gasteiger partial charge in [0.2, 0.25) is 5.76 Å². The van der Waals surface area contributed by atoms with Crippen molar-refractivity contribution in [2.45, 2.75) is 12.5 Å². The first-order valence-electron chi connectivity index (χ1n) is 10.9. The molecule has 0 saturated heterocycles. The van der Waals surface area contributed by atoms with E-state index < -0.39 is 6.04 Å². The highest BCUT2D eigenvalue weighted by Crippen LogP contribution is 2.39. The fraction of sp³-hybridized carbons (Fsp3) is 0.185. The minimum Gasteiger partial charge on any atom is -0.508 e. The van der Waals surface area contributed by atoms with E-state index in [2.05, 4.69) is 0 Å². The fourth-order valence-electron chi connectivity index (χ4n) is 4.52. The molecule has 0 aliphatic carbocycles. The van der Waals surface area contributed by atoms with E-state index in [-0.39, 0.29) is 22.8 Å². The number of methoxy groups -OCH3 is 2. The minimum absolute atomic E-state index is 0.0457. The smallest absolute Gasteiger partial charge is 0.290 e. The minimum atomic E-state index is -0.671. The molecule has 0 bridgehead atoms. The Kier molecular flexibility index (Phi) is 5.45. The van der Waals surface area contributed by atoms with Gasteiger partial charge in [0.1, 0.15) is 11.3 Å². The van der Waals surface area contributed by atoms with Crippen molar-refractivity contribution in [3.05, 3.63) is 99.4 Å².